The molecule has 2 aromatic heterocycles. The van der Waals surface area contributed by atoms with Gasteiger partial charge in [0.25, 0.3) is 0 Å². The molecule has 0 bridgehead atoms. The fourth-order valence-electron chi connectivity index (χ4n) is 4.02. The molecule has 1 saturated carbocycles. The lowest BCUT2D eigenvalue weighted by atomic mass is 10.1. The molecule has 122 valence electrons. The van der Waals surface area contributed by atoms with Crippen LogP contribution in [0.3, 0.4) is 0 Å². The lowest BCUT2D eigenvalue weighted by molar-refractivity contribution is -0.129. The molecule has 4 rings (SSSR count). The predicted octanol–water partition coefficient (Wildman–Crippen LogP) is 2.38. The normalized spacial score (nSPS) is 22.4. The number of hydrogen-bond acceptors (Lipinski definition) is 3. The number of carbonyl (C=O) groups excluding carboxylic acids is 1. The molecule has 1 N–H and O–H groups in total. The molecule has 1 atom stereocenters. The summed E-state index contributed by atoms with van der Waals surface area (Å²) in [5.74, 6) is 1.41. The molecule has 3 heterocycles. The van der Waals surface area contributed by atoms with Crippen LogP contribution in [0.15, 0.2) is 12.3 Å². The number of imidazole rings is 1. The van der Waals surface area contributed by atoms with Crippen LogP contribution in [-0.2, 0) is 11.8 Å². The van der Waals surface area contributed by atoms with Gasteiger partial charge in [0, 0.05) is 43.9 Å². The Labute approximate surface area is 135 Å². The van der Waals surface area contributed by atoms with E-state index in [4.69, 9.17) is 4.98 Å². The van der Waals surface area contributed by atoms with Gasteiger partial charge in [0.1, 0.15) is 11.5 Å². The summed E-state index contributed by atoms with van der Waals surface area (Å²) in [6.45, 7) is 2.84. The van der Waals surface area contributed by atoms with Crippen LogP contribution in [0, 0.1) is 6.92 Å². The minimum Gasteiger partial charge on any atom is -0.345 e. The Morgan fingerprint density at radius 2 is 2.09 bits per heavy atom. The van der Waals surface area contributed by atoms with Crippen molar-refractivity contribution < 1.29 is 4.79 Å². The Morgan fingerprint density at radius 3 is 2.78 bits per heavy atom. The van der Waals surface area contributed by atoms with Crippen molar-refractivity contribution in [1.82, 2.24) is 24.6 Å². The van der Waals surface area contributed by atoms with E-state index in [0.29, 0.717) is 12.5 Å². The summed E-state index contributed by atoms with van der Waals surface area (Å²) in [7, 11) is 1.92. The standard InChI is InChI=1S/C17H23N5O/c1-11-16(14-7-8-18-21(14)2)20-17(19-11)12-9-15(23)22(10-12)13-5-3-4-6-13/h7-8,12-13H,3-6,9-10H2,1-2H3,(H,19,20). The van der Waals surface area contributed by atoms with Crippen molar-refractivity contribution in [2.75, 3.05) is 6.54 Å². The molecule has 2 fully saturated rings. The first-order valence-corrected chi connectivity index (χ1v) is 8.48. The van der Waals surface area contributed by atoms with E-state index in [1.807, 2.05) is 24.7 Å². The Hall–Kier alpha value is -2.11. The first-order valence-electron chi connectivity index (χ1n) is 8.48. The topological polar surface area (TPSA) is 66.8 Å². The number of nitrogens with one attached hydrogen (secondary N) is 1. The fourth-order valence-corrected chi connectivity index (χ4v) is 4.02. The summed E-state index contributed by atoms with van der Waals surface area (Å²) in [6, 6.07) is 2.43. The van der Waals surface area contributed by atoms with Crippen LogP contribution in [0.1, 0.15) is 49.5 Å². The number of hydrogen-bond donors (Lipinski definition) is 1. The molecular formula is C17H23N5O. The SMILES string of the molecule is Cc1[nH]c(C2CC(=O)N(C3CCCC3)C2)nc1-c1ccnn1C. The Balaban J connectivity index is 1.57. The van der Waals surface area contributed by atoms with Gasteiger partial charge in [0.15, 0.2) is 0 Å². The lowest BCUT2D eigenvalue weighted by Gasteiger charge is -2.23. The summed E-state index contributed by atoms with van der Waals surface area (Å²) in [6.07, 6.45) is 7.19. The molecule has 2 aliphatic rings. The summed E-state index contributed by atoms with van der Waals surface area (Å²) >= 11 is 0. The van der Waals surface area contributed by atoms with E-state index >= 15 is 0 Å². The average molecular weight is 313 g/mol. The minimum atomic E-state index is 0.184. The summed E-state index contributed by atoms with van der Waals surface area (Å²) in [5, 5.41) is 4.22. The van der Waals surface area contributed by atoms with E-state index in [-0.39, 0.29) is 11.8 Å². The summed E-state index contributed by atoms with van der Waals surface area (Å²) in [4.78, 5) is 22.7. The number of H-pyrrole nitrogens is 1. The highest BCUT2D eigenvalue weighted by Gasteiger charge is 2.37. The highest BCUT2D eigenvalue weighted by molar-refractivity contribution is 5.80. The zero-order chi connectivity index (χ0) is 16.0. The van der Waals surface area contributed by atoms with Crippen molar-refractivity contribution in [3.8, 4) is 11.4 Å². The molecule has 1 aliphatic carbocycles. The van der Waals surface area contributed by atoms with Crippen molar-refractivity contribution in [2.45, 2.75) is 51.0 Å². The summed E-state index contributed by atoms with van der Waals surface area (Å²) in [5.41, 5.74) is 2.98. The fraction of sp³-hybridized carbons (Fsp3) is 0.588. The van der Waals surface area contributed by atoms with Gasteiger partial charge in [-0.2, -0.15) is 5.10 Å². The zero-order valence-corrected chi connectivity index (χ0v) is 13.7. The van der Waals surface area contributed by atoms with Crippen molar-refractivity contribution in [2.24, 2.45) is 7.05 Å². The highest BCUT2D eigenvalue weighted by atomic mass is 16.2. The van der Waals surface area contributed by atoms with Gasteiger partial charge < -0.3 is 9.88 Å². The van der Waals surface area contributed by atoms with Crippen LogP contribution in [0.4, 0.5) is 0 Å². The van der Waals surface area contributed by atoms with Crippen LogP contribution >= 0.6 is 0 Å². The van der Waals surface area contributed by atoms with Crippen LogP contribution < -0.4 is 0 Å². The number of nitrogens with zero attached hydrogens (tertiary/aromatic N) is 4. The molecule has 0 spiro atoms. The number of aromatic amines is 1. The minimum absolute atomic E-state index is 0.184. The molecule has 0 radical (unpaired) electrons. The van der Waals surface area contributed by atoms with Crippen molar-refractivity contribution in [3.05, 3.63) is 23.8 Å². The van der Waals surface area contributed by atoms with Gasteiger partial charge in [-0.1, -0.05) is 12.8 Å². The number of rotatable bonds is 3. The Kier molecular flexibility index (Phi) is 3.47. The third-order valence-electron chi connectivity index (χ3n) is 5.28. The first kappa shape index (κ1) is 14.5. The molecule has 0 aromatic carbocycles. The van der Waals surface area contributed by atoms with E-state index in [1.165, 1.54) is 12.8 Å². The van der Waals surface area contributed by atoms with E-state index < -0.39 is 0 Å². The zero-order valence-electron chi connectivity index (χ0n) is 13.7. The van der Waals surface area contributed by atoms with Crippen molar-refractivity contribution in [1.29, 1.82) is 0 Å². The second-order valence-electron chi connectivity index (χ2n) is 6.82. The number of amides is 1. The van der Waals surface area contributed by atoms with Gasteiger partial charge in [0.2, 0.25) is 5.91 Å². The number of carbonyl (C=O) groups is 1. The molecule has 6 nitrogen and oxygen atoms in total. The highest BCUT2D eigenvalue weighted by Crippen LogP contribution is 2.34. The van der Waals surface area contributed by atoms with Crippen LogP contribution in [0.25, 0.3) is 11.4 Å². The molecular weight excluding hydrogens is 290 g/mol. The van der Waals surface area contributed by atoms with Crippen LogP contribution in [0.2, 0.25) is 0 Å². The maximum absolute atomic E-state index is 12.4. The van der Waals surface area contributed by atoms with Gasteiger partial charge in [-0.15, -0.1) is 0 Å². The molecule has 6 heteroatoms. The van der Waals surface area contributed by atoms with Crippen LogP contribution in [0.5, 0.6) is 0 Å². The predicted molar refractivity (Wildman–Crippen MR) is 86.9 cm³/mol. The molecule has 1 unspecified atom stereocenters. The Morgan fingerprint density at radius 1 is 1.30 bits per heavy atom. The third kappa shape index (κ3) is 2.46. The third-order valence-corrected chi connectivity index (χ3v) is 5.28. The molecule has 1 aliphatic heterocycles. The smallest absolute Gasteiger partial charge is 0.223 e. The van der Waals surface area contributed by atoms with Gasteiger partial charge in [-0.05, 0) is 25.8 Å². The van der Waals surface area contributed by atoms with Gasteiger partial charge in [-0.3, -0.25) is 9.48 Å². The molecule has 1 saturated heterocycles. The van der Waals surface area contributed by atoms with E-state index in [1.54, 1.807) is 6.20 Å². The molecule has 1 amide bonds. The Bertz CT molecular complexity index is 725. The second kappa shape index (κ2) is 5.51. The number of aromatic nitrogens is 4. The lowest BCUT2D eigenvalue weighted by Crippen LogP contribution is -2.34. The molecule has 2 aromatic rings. The number of likely N-dealkylation sites (tertiary alicyclic amines) is 1. The monoisotopic (exact) mass is 313 g/mol. The maximum Gasteiger partial charge on any atom is 0.223 e. The van der Waals surface area contributed by atoms with Crippen LogP contribution in [-0.4, -0.2) is 43.1 Å². The van der Waals surface area contributed by atoms with Gasteiger partial charge in [-0.25, -0.2) is 4.98 Å². The number of aryl methyl sites for hydroxylation is 2. The van der Waals surface area contributed by atoms with E-state index in [9.17, 15) is 4.79 Å². The maximum atomic E-state index is 12.4. The first-order chi connectivity index (χ1) is 11.1. The quantitative estimate of drug-likeness (QED) is 0.946. The average Bonchev–Trinajstić information content (AvgIpc) is 3.25. The van der Waals surface area contributed by atoms with Crippen molar-refractivity contribution in [3.63, 3.8) is 0 Å². The van der Waals surface area contributed by atoms with Crippen molar-refractivity contribution >= 4 is 5.91 Å². The van der Waals surface area contributed by atoms with Gasteiger partial charge >= 0.3 is 0 Å². The molecule has 23 heavy (non-hydrogen) atoms. The largest absolute Gasteiger partial charge is 0.345 e. The second-order valence-corrected chi connectivity index (χ2v) is 6.82. The van der Waals surface area contributed by atoms with Gasteiger partial charge in [0.05, 0.1) is 5.69 Å². The van der Waals surface area contributed by atoms with E-state index in [2.05, 4.69) is 15.0 Å². The van der Waals surface area contributed by atoms with E-state index in [0.717, 1.165) is 42.3 Å². The summed E-state index contributed by atoms with van der Waals surface area (Å²) < 4.78 is 1.83.